The summed E-state index contributed by atoms with van der Waals surface area (Å²) in [5.74, 6) is 1.43. The Bertz CT molecular complexity index is 795. The maximum absolute atomic E-state index is 12.3. The van der Waals surface area contributed by atoms with Gasteiger partial charge in [-0.1, -0.05) is 32.0 Å². The molecule has 0 saturated heterocycles. The van der Waals surface area contributed by atoms with E-state index in [1.54, 1.807) is 0 Å². The zero-order valence-electron chi connectivity index (χ0n) is 14.7. The normalized spacial score (nSPS) is 14.3. The number of fused-ring (bicyclic) bond motifs is 1. The van der Waals surface area contributed by atoms with Gasteiger partial charge in [-0.2, -0.15) is 0 Å². The molecule has 1 heterocycles. The van der Waals surface area contributed by atoms with Crippen molar-refractivity contribution in [3.05, 3.63) is 53.6 Å². The topological polar surface area (TPSA) is 47.6 Å². The van der Waals surface area contributed by atoms with Crippen LogP contribution in [0.5, 0.6) is 11.5 Å². The Kier molecular flexibility index (Phi) is 5.39. The number of hydrogen-bond acceptors (Lipinski definition) is 3. The summed E-state index contributed by atoms with van der Waals surface area (Å²) in [5, 5.41) is 2.90. The van der Waals surface area contributed by atoms with Gasteiger partial charge in [0.15, 0.2) is 0 Å². The molecule has 25 heavy (non-hydrogen) atoms. The number of hydrogen-bond donors (Lipinski definition) is 1. The lowest BCUT2D eigenvalue weighted by molar-refractivity contribution is -0.110. The van der Waals surface area contributed by atoms with Gasteiger partial charge in [-0.25, -0.2) is 0 Å². The van der Waals surface area contributed by atoms with E-state index in [0.717, 1.165) is 41.2 Å². The van der Waals surface area contributed by atoms with Crippen molar-refractivity contribution in [1.29, 1.82) is 0 Å². The third kappa shape index (κ3) is 3.85. The van der Waals surface area contributed by atoms with Gasteiger partial charge in [-0.15, -0.1) is 0 Å². The van der Waals surface area contributed by atoms with E-state index in [1.807, 2.05) is 48.5 Å². The second-order valence-electron chi connectivity index (χ2n) is 5.95. The predicted molar refractivity (Wildman–Crippen MR) is 101 cm³/mol. The van der Waals surface area contributed by atoms with Gasteiger partial charge in [0.25, 0.3) is 5.91 Å². The van der Waals surface area contributed by atoms with Crippen LogP contribution in [0, 0.1) is 0 Å². The molecule has 0 aromatic heterocycles. The van der Waals surface area contributed by atoms with Crippen LogP contribution in [0.2, 0.25) is 0 Å². The van der Waals surface area contributed by atoms with Crippen molar-refractivity contribution in [3.63, 3.8) is 0 Å². The lowest BCUT2D eigenvalue weighted by atomic mass is 10.0. The number of carbonyl (C=O) groups excluding carboxylic acids is 1. The molecule has 1 aliphatic rings. The standard InChI is InChI=1S/C21H23NO3/c1-3-11-24-16-10-9-15(20(14-16)25-12-4-2)13-18-17-7-5-6-8-19(17)22-21(18)23/h5-10,13-14H,3-4,11-12H2,1-2H3,(H,22,23)/b18-13-. The van der Waals surface area contributed by atoms with Crippen LogP contribution < -0.4 is 14.8 Å². The Labute approximate surface area is 148 Å². The average Bonchev–Trinajstić information content (AvgIpc) is 2.95. The minimum absolute atomic E-state index is 0.0889. The highest BCUT2D eigenvalue weighted by Gasteiger charge is 2.23. The molecule has 3 rings (SSSR count). The third-order valence-electron chi connectivity index (χ3n) is 3.93. The highest BCUT2D eigenvalue weighted by molar-refractivity contribution is 6.35. The summed E-state index contributed by atoms with van der Waals surface area (Å²) in [7, 11) is 0. The first kappa shape index (κ1) is 17.1. The smallest absolute Gasteiger partial charge is 0.256 e. The molecule has 0 aliphatic carbocycles. The van der Waals surface area contributed by atoms with E-state index in [-0.39, 0.29) is 5.91 Å². The quantitative estimate of drug-likeness (QED) is 0.741. The first-order valence-electron chi connectivity index (χ1n) is 8.75. The molecular weight excluding hydrogens is 314 g/mol. The molecule has 0 atom stereocenters. The molecule has 1 amide bonds. The van der Waals surface area contributed by atoms with E-state index >= 15 is 0 Å². The highest BCUT2D eigenvalue weighted by Crippen LogP contribution is 2.35. The van der Waals surface area contributed by atoms with Crippen molar-refractivity contribution in [2.45, 2.75) is 26.7 Å². The fraction of sp³-hybridized carbons (Fsp3) is 0.286. The zero-order chi connectivity index (χ0) is 17.6. The molecule has 0 radical (unpaired) electrons. The highest BCUT2D eigenvalue weighted by atomic mass is 16.5. The number of anilines is 1. The Balaban J connectivity index is 1.97. The molecule has 0 spiro atoms. The fourth-order valence-electron chi connectivity index (χ4n) is 2.72. The van der Waals surface area contributed by atoms with Crippen LogP contribution in [-0.4, -0.2) is 19.1 Å². The maximum Gasteiger partial charge on any atom is 0.256 e. The van der Waals surface area contributed by atoms with Gasteiger partial charge in [0.2, 0.25) is 0 Å². The van der Waals surface area contributed by atoms with Crippen molar-refractivity contribution < 1.29 is 14.3 Å². The lowest BCUT2D eigenvalue weighted by Crippen LogP contribution is -2.04. The van der Waals surface area contributed by atoms with Gasteiger partial charge in [-0.05, 0) is 37.1 Å². The molecule has 0 saturated carbocycles. The van der Waals surface area contributed by atoms with Crippen LogP contribution in [0.4, 0.5) is 5.69 Å². The fourth-order valence-corrected chi connectivity index (χ4v) is 2.72. The van der Waals surface area contributed by atoms with E-state index in [0.29, 0.717) is 18.8 Å². The van der Waals surface area contributed by atoms with Crippen LogP contribution in [0.25, 0.3) is 11.6 Å². The maximum atomic E-state index is 12.3. The predicted octanol–water partition coefficient (Wildman–Crippen LogP) is 4.76. The van der Waals surface area contributed by atoms with Crippen LogP contribution in [0.15, 0.2) is 42.5 Å². The number of para-hydroxylation sites is 1. The minimum atomic E-state index is -0.0889. The molecule has 4 nitrogen and oxygen atoms in total. The van der Waals surface area contributed by atoms with Gasteiger partial charge in [0.1, 0.15) is 11.5 Å². The molecule has 0 bridgehead atoms. The molecule has 0 unspecified atom stereocenters. The second kappa shape index (κ2) is 7.88. The number of benzene rings is 2. The molecule has 0 fully saturated rings. The van der Waals surface area contributed by atoms with E-state index < -0.39 is 0 Å². The Morgan fingerprint density at radius 3 is 2.56 bits per heavy atom. The van der Waals surface area contributed by atoms with Gasteiger partial charge in [0.05, 0.1) is 13.2 Å². The molecular formula is C21H23NO3. The van der Waals surface area contributed by atoms with Gasteiger partial charge in [-0.3, -0.25) is 4.79 Å². The van der Waals surface area contributed by atoms with Crippen molar-refractivity contribution in [2.75, 3.05) is 18.5 Å². The van der Waals surface area contributed by atoms with Gasteiger partial charge in [0, 0.05) is 28.5 Å². The zero-order valence-corrected chi connectivity index (χ0v) is 14.7. The van der Waals surface area contributed by atoms with Crippen molar-refractivity contribution in [1.82, 2.24) is 0 Å². The summed E-state index contributed by atoms with van der Waals surface area (Å²) < 4.78 is 11.6. The van der Waals surface area contributed by atoms with E-state index in [1.165, 1.54) is 0 Å². The van der Waals surface area contributed by atoms with Crippen LogP contribution in [0.1, 0.15) is 37.8 Å². The molecule has 1 N–H and O–H groups in total. The van der Waals surface area contributed by atoms with Crippen molar-refractivity contribution in [3.8, 4) is 11.5 Å². The van der Waals surface area contributed by atoms with E-state index in [4.69, 9.17) is 9.47 Å². The summed E-state index contributed by atoms with van der Waals surface area (Å²) in [4.78, 5) is 12.3. The number of amides is 1. The average molecular weight is 337 g/mol. The number of nitrogens with one attached hydrogen (secondary N) is 1. The summed E-state index contributed by atoms with van der Waals surface area (Å²) in [6.45, 7) is 5.43. The van der Waals surface area contributed by atoms with Crippen LogP contribution >= 0.6 is 0 Å². The summed E-state index contributed by atoms with van der Waals surface area (Å²) in [6, 6.07) is 13.5. The van der Waals surface area contributed by atoms with Crippen molar-refractivity contribution >= 4 is 23.2 Å². The summed E-state index contributed by atoms with van der Waals surface area (Å²) >= 11 is 0. The monoisotopic (exact) mass is 337 g/mol. The Morgan fingerprint density at radius 1 is 1.00 bits per heavy atom. The number of rotatable bonds is 7. The van der Waals surface area contributed by atoms with Crippen LogP contribution in [0.3, 0.4) is 0 Å². The molecule has 2 aromatic rings. The largest absolute Gasteiger partial charge is 0.493 e. The lowest BCUT2D eigenvalue weighted by Gasteiger charge is -2.12. The third-order valence-corrected chi connectivity index (χ3v) is 3.93. The first-order valence-corrected chi connectivity index (χ1v) is 8.75. The van der Waals surface area contributed by atoms with Gasteiger partial charge >= 0.3 is 0 Å². The van der Waals surface area contributed by atoms with Crippen LogP contribution in [-0.2, 0) is 4.79 Å². The molecule has 1 aliphatic heterocycles. The van der Waals surface area contributed by atoms with Crippen molar-refractivity contribution in [2.24, 2.45) is 0 Å². The second-order valence-corrected chi connectivity index (χ2v) is 5.95. The van der Waals surface area contributed by atoms with E-state index in [2.05, 4.69) is 19.2 Å². The summed E-state index contributed by atoms with van der Waals surface area (Å²) in [5.41, 5.74) is 3.29. The van der Waals surface area contributed by atoms with E-state index in [9.17, 15) is 4.79 Å². The molecule has 2 aromatic carbocycles. The Hall–Kier alpha value is -2.75. The number of ether oxygens (including phenoxy) is 2. The first-order chi connectivity index (χ1) is 12.2. The Morgan fingerprint density at radius 2 is 1.76 bits per heavy atom. The summed E-state index contributed by atoms with van der Waals surface area (Å²) in [6.07, 6.45) is 3.75. The molecule has 130 valence electrons. The van der Waals surface area contributed by atoms with Gasteiger partial charge < -0.3 is 14.8 Å². The minimum Gasteiger partial charge on any atom is -0.493 e. The molecule has 4 heteroatoms. The number of carbonyl (C=O) groups is 1. The SMILES string of the molecule is CCCOc1ccc(/C=C2\C(=O)Nc3ccccc32)c(OCCC)c1.